The van der Waals surface area contributed by atoms with Crippen molar-refractivity contribution in [1.82, 2.24) is 9.29 Å². The largest absolute Gasteiger partial charge is 0.261 e. The number of hydrogen-bond donors (Lipinski definition) is 1. The molecule has 1 N–H and O–H groups in total. The fourth-order valence-corrected chi connectivity index (χ4v) is 4.03. The molecule has 0 amide bonds. The molecule has 8 heteroatoms. The number of hydrazone groups is 1. The van der Waals surface area contributed by atoms with Crippen LogP contribution in [0.3, 0.4) is 0 Å². The summed E-state index contributed by atoms with van der Waals surface area (Å²) in [6, 6.07) is 10.9. The van der Waals surface area contributed by atoms with Crippen molar-refractivity contribution >= 4 is 37.5 Å². The molecule has 0 saturated carbocycles. The third kappa shape index (κ3) is 4.87. The third-order valence-corrected chi connectivity index (χ3v) is 6.19. The Bertz CT molecular complexity index is 847. The molecule has 25 heavy (non-hydrogen) atoms. The number of nitrogens with one attached hydrogen (secondary N) is 1. The van der Waals surface area contributed by atoms with Gasteiger partial charge in [-0.15, -0.1) is 0 Å². The van der Waals surface area contributed by atoms with Crippen LogP contribution in [0.5, 0.6) is 0 Å². The molecule has 0 radical (unpaired) electrons. The Morgan fingerprint density at radius 1 is 1.24 bits per heavy atom. The molecule has 2 rings (SSSR count). The highest BCUT2D eigenvalue weighted by molar-refractivity contribution is 9.10. The van der Waals surface area contributed by atoms with Crippen LogP contribution in [0.25, 0.3) is 0 Å². The summed E-state index contributed by atoms with van der Waals surface area (Å²) >= 11 is 3.43. The molecule has 0 aliphatic rings. The van der Waals surface area contributed by atoms with Crippen molar-refractivity contribution in [2.24, 2.45) is 5.10 Å². The molecule has 0 spiro atoms. The van der Waals surface area contributed by atoms with E-state index in [-0.39, 0.29) is 4.90 Å². The normalized spacial score (nSPS) is 12.4. The predicted octanol–water partition coefficient (Wildman–Crippen LogP) is 3.71. The fourth-order valence-electron chi connectivity index (χ4n) is 2.23. The third-order valence-electron chi connectivity index (χ3n) is 3.66. The van der Waals surface area contributed by atoms with Crippen LogP contribution in [0.2, 0.25) is 0 Å². The minimum Gasteiger partial charge on any atom is -0.261 e. The molecule has 6 nitrogen and oxygen atoms in total. The zero-order chi connectivity index (χ0) is 18.4. The molecule has 1 heterocycles. The first-order valence-corrected chi connectivity index (χ1v) is 10.1. The number of sulfonamides is 1. The number of aromatic nitrogens is 1. The van der Waals surface area contributed by atoms with Gasteiger partial charge in [-0.1, -0.05) is 41.9 Å². The van der Waals surface area contributed by atoms with Gasteiger partial charge in [-0.25, -0.2) is 13.4 Å². The molecule has 2 aromatic rings. The molecule has 0 bridgehead atoms. The quantitative estimate of drug-likeness (QED) is 0.542. The lowest BCUT2D eigenvalue weighted by Crippen LogP contribution is -2.30. The van der Waals surface area contributed by atoms with Gasteiger partial charge in [0.1, 0.15) is 10.7 Å². The average Bonchev–Trinajstić information content (AvgIpc) is 2.61. The number of nitrogens with zero attached hydrogens (tertiary/aromatic N) is 3. The maximum atomic E-state index is 12.4. The highest BCUT2D eigenvalue weighted by atomic mass is 79.9. The smallest absolute Gasteiger partial charge is 0.244 e. The van der Waals surface area contributed by atoms with E-state index in [0.29, 0.717) is 18.9 Å². The van der Waals surface area contributed by atoms with Gasteiger partial charge >= 0.3 is 0 Å². The Morgan fingerprint density at radius 2 is 1.96 bits per heavy atom. The van der Waals surface area contributed by atoms with Gasteiger partial charge in [0, 0.05) is 23.8 Å². The van der Waals surface area contributed by atoms with Crippen molar-refractivity contribution in [2.75, 3.05) is 18.5 Å². The predicted molar refractivity (Wildman–Crippen MR) is 104 cm³/mol. The van der Waals surface area contributed by atoms with Gasteiger partial charge in [-0.05, 0) is 36.8 Å². The summed E-state index contributed by atoms with van der Waals surface area (Å²) in [5, 5.41) is 4.29. The van der Waals surface area contributed by atoms with Crippen LogP contribution in [-0.4, -0.2) is 36.5 Å². The van der Waals surface area contributed by atoms with E-state index < -0.39 is 10.0 Å². The van der Waals surface area contributed by atoms with Crippen molar-refractivity contribution in [3.05, 3.63) is 52.6 Å². The van der Waals surface area contributed by atoms with Crippen LogP contribution in [0.15, 0.2) is 57.1 Å². The van der Waals surface area contributed by atoms with Crippen molar-refractivity contribution in [1.29, 1.82) is 0 Å². The Kier molecular flexibility index (Phi) is 6.69. The van der Waals surface area contributed by atoms with E-state index in [4.69, 9.17) is 0 Å². The molecule has 1 aromatic carbocycles. The summed E-state index contributed by atoms with van der Waals surface area (Å²) in [6.07, 6.45) is 1.35. The zero-order valence-corrected chi connectivity index (χ0v) is 16.8. The number of benzene rings is 1. The Hall–Kier alpha value is -1.77. The number of pyridine rings is 1. The van der Waals surface area contributed by atoms with Gasteiger partial charge < -0.3 is 0 Å². The second-order valence-electron chi connectivity index (χ2n) is 5.29. The van der Waals surface area contributed by atoms with Crippen LogP contribution in [0, 0.1) is 0 Å². The molecule has 0 fully saturated rings. The average molecular weight is 425 g/mol. The van der Waals surface area contributed by atoms with Crippen LogP contribution in [0.1, 0.15) is 26.3 Å². The van der Waals surface area contributed by atoms with Crippen LogP contribution in [0.4, 0.5) is 5.82 Å². The summed E-state index contributed by atoms with van der Waals surface area (Å²) in [5.74, 6) is 0.479. The van der Waals surface area contributed by atoms with Gasteiger partial charge in [0.15, 0.2) is 0 Å². The highest BCUT2D eigenvalue weighted by Crippen LogP contribution is 2.16. The lowest BCUT2D eigenvalue weighted by atomic mass is 10.1. The minimum absolute atomic E-state index is 0.175. The van der Waals surface area contributed by atoms with E-state index in [9.17, 15) is 8.42 Å². The van der Waals surface area contributed by atoms with E-state index in [1.54, 1.807) is 6.07 Å². The maximum absolute atomic E-state index is 12.4. The van der Waals surface area contributed by atoms with Crippen LogP contribution in [-0.2, 0) is 10.0 Å². The molecular weight excluding hydrogens is 404 g/mol. The summed E-state index contributed by atoms with van der Waals surface area (Å²) in [7, 11) is -3.49. The minimum atomic E-state index is -3.49. The first-order chi connectivity index (χ1) is 11.9. The molecule has 134 valence electrons. The topological polar surface area (TPSA) is 74.7 Å². The molecule has 0 aliphatic carbocycles. The second kappa shape index (κ2) is 8.55. The van der Waals surface area contributed by atoms with Gasteiger partial charge in [-0.3, -0.25) is 5.43 Å². The van der Waals surface area contributed by atoms with Crippen molar-refractivity contribution in [3.8, 4) is 0 Å². The Labute approximate surface area is 157 Å². The van der Waals surface area contributed by atoms with Crippen LogP contribution >= 0.6 is 15.9 Å². The lowest BCUT2D eigenvalue weighted by Gasteiger charge is -2.18. The van der Waals surface area contributed by atoms with E-state index in [2.05, 4.69) is 31.4 Å². The highest BCUT2D eigenvalue weighted by Gasteiger charge is 2.21. The maximum Gasteiger partial charge on any atom is 0.244 e. The molecule has 0 aliphatic heterocycles. The molecule has 1 aromatic heterocycles. The number of halogens is 1. The zero-order valence-electron chi connectivity index (χ0n) is 14.4. The van der Waals surface area contributed by atoms with Gasteiger partial charge in [0.2, 0.25) is 10.0 Å². The summed E-state index contributed by atoms with van der Waals surface area (Å²) in [5.41, 5.74) is 4.62. The molecule has 0 unspecified atom stereocenters. The molecule has 0 saturated heterocycles. The second-order valence-corrected chi connectivity index (χ2v) is 8.14. The van der Waals surface area contributed by atoms with E-state index in [1.807, 2.05) is 45.0 Å². The van der Waals surface area contributed by atoms with E-state index in [1.165, 1.54) is 16.6 Å². The van der Waals surface area contributed by atoms with Gasteiger partial charge in [0.05, 0.1) is 5.71 Å². The number of anilines is 1. The molecular formula is C17H21BrN4O2S. The molecule has 0 atom stereocenters. The van der Waals surface area contributed by atoms with Gasteiger partial charge in [-0.2, -0.15) is 9.41 Å². The van der Waals surface area contributed by atoms with Gasteiger partial charge in [0.25, 0.3) is 0 Å². The van der Waals surface area contributed by atoms with E-state index in [0.717, 1.165) is 15.7 Å². The first kappa shape index (κ1) is 19.6. The first-order valence-electron chi connectivity index (χ1n) is 7.91. The van der Waals surface area contributed by atoms with Crippen molar-refractivity contribution < 1.29 is 8.42 Å². The summed E-state index contributed by atoms with van der Waals surface area (Å²) in [6.45, 7) is 6.35. The number of rotatable bonds is 7. The summed E-state index contributed by atoms with van der Waals surface area (Å²) < 4.78 is 27.2. The van der Waals surface area contributed by atoms with Crippen molar-refractivity contribution in [3.63, 3.8) is 0 Å². The monoisotopic (exact) mass is 424 g/mol. The lowest BCUT2D eigenvalue weighted by molar-refractivity contribution is 0.445. The standard InChI is InChI=1S/C17H21BrN4O2S/c1-4-22(5-2)25(23,24)16-9-10-17(19-12-16)21-20-13(3)14-7-6-8-15(18)11-14/h6-12H,4-5H2,1-3H3,(H,19,21). The number of hydrogen-bond acceptors (Lipinski definition) is 5. The Balaban J connectivity index is 2.14. The SMILES string of the molecule is CCN(CC)S(=O)(=O)c1ccc(NN=C(C)c2cccc(Br)c2)nc1. The fraction of sp³-hybridized carbons (Fsp3) is 0.294. The van der Waals surface area contributed by atoms with E-state index >= 15 is 0 Å². The van der Waals surface area contributed by atoms with Crippen LogP contribution < -0.4 is 5.43 Å². The summed E-state index contributed by atoms with van der Waals surface area (Å²) in [4.78, 5) is 4.32. The Morgan fingerprint density at radius 3 is 2.52 bits per heavy atom. The van der Waals surface area contributed by atoms with Crippen molar-refractivity contribution in [2.45, 2.75) is 25.7 Å².